The van der Waals surface area contributed by atoms with Crippen molar-refractivity contribution in [3.05, 3.63) is 16.1 Å². The fraction of sp³-hybridized carbons (Fsp3) is 0.600. The molecule has 0 amide bonds. The molecular weight excluding hydrogens is 214 g/mol. The highest BCUT2D eigenvalue weighted by Crippen LogP contribution is 2.34. The summed E-state index contributed by atoms with van der Waals surface area (Å²) in [6, 6.07) is 0. The third-order valence-corrected chi connectivity index (χ3v) is 2.99. The molecule has 0 spiro atoms. The van der Waals surface area contributed by atoms with Gasteiger partial charge in [-0.05, 0) is 5.41 Å². The number of rotatable bonds is 2. The Morgan fingerprint density at radius 2 is 2.20 bits per heavy atom. The van der Waals surface area contributed by atoms with Crippen LogP contribution in [-0.4, -0.2) is 23.2 Å². The smallest absolute Gasteiger partial charge is 0.349 e. The van der Waals surface area contributed by atoms with Crippen molar-refractivity contribution in [2.75, 3.05) is 7.11 Å². The molecule has 1 N–H and O–H groups in total. The van der Waals surface area contributed by atoms with E-state index in [-0.39, 0.29) is 5.41 Å². The molecule has 1 unspecified atom stereocenters. The Hall–Kier alpha value is -0.940. The SMILES string of the molecule is COC(=O)c1cnc(C(O)C(C)(C)C)s1. The lowest BCUT2D eigenvalue weighted by Crippen LogP contribution is -2.17. The minimum absolute atomic E-state index is 0.286. The third kappa shape index (κ3) is 2.76. The van der Waals surface area contributed by atoms with E-state index in [1.54, 1.807) is 0 Å². The first-order valence-electron chi connectivity index (χ1n) is 4.58. The molecule has 0 saturated heterocycles. The van der Waals surface area contributed by atoms with Gasteiger partial charge in [0, 0.05) is 0 Å². The van der Waals surface area contributed by atoms with Gasteiger partial charge >= 0.3 is 5.97 Å². The zero-order valence-electron chi connectivity index (χ0n) is 9.27. The highest BCUT2D eigenvalue weighted by atomic mass is 32.1. The van der Waals surface area contributed by atoms with Crippen LogP contribution in [0.4, 0.5) is 0 Å². The monoisotopic (exact) mass is 229 g/mol. The van der Waals surface area contributed by atoms with E-state index in [1.165, 1.54) is 13.3 Å². The van der Waals surface area contributed by atoms with Crippen molar-refractivity contribution in [2.24, 2.45) is 5.41 Å². The summed E-state index contributed by atoms with van der Waals surface area (Å²) in [4.78, 5) is 15.6. The number of thiazole rings is 1. The van der Waals surface area contributed by atoms with Gasteiger partial charge in [0.05, 0.1) is 13.3 Å². The average molecular weight is 229 g/mol. The van der Waals surface area contributed by atoms with E-state index in [0.717, 1.165) is 11.3 Å². The average Bonchev–Trinajstić information content (AvgIpc) is 2.62. The summed E-state index contributed by atoms with van der Waals surface area (Å²) in [5.74, 6) is -0.417. The minimum atomic E-state index is -0.666. The van der Waals surface area contributed by atoms with Crippen molar-refractivity contribution in [1.82, 2.24) is 4.98 Å². The first kappa shape index (κ1) is 12.1. The Balaban J connectivity index is 2.89. The molecule has 1 rings (SSSR count). The first-order chi connectivity index (χ1) is 6.86. The number of hydrogen-bond donors (Lipinski definition) is 1. The maximum absolute atomic E-state index is 11.2. The maximum atomic E-state index is 11.2. The number of esters is 1. The van der Waals surface area contributed by atoms with Gasteiger partial charge in [-0.1, -0.05) is 20.8 Å². The van der Waals surface area contributed by atoms with Crippen LogP contribution in [0, 0.1) is 5.41 Å². The van der Waals surface area contributed by atoms with Crippen molar-refractivity contribution in [2.45, 2.75) is 26.9 Å². The summed E-state index contributed by atoms with van der Waals surface area (Å²) >= 11 is 1.16. The van der Waals surface area contributed by atoms with E-state index in [2.05, 4.69) is 9.72 Å². The molecule has 15 heavy (non-hydrogen) atoms. The van der Waals surface area contributed by atoms with Crippen molar-refractivity contribution >= 4 is 17.3 Å². The topological polar surface area (TPSA) is 59.4 Å². The number of carbonyl (C=O) groups excluding carboxylic acids is 1. The minimum Gasteiger partial charge on any atom is -0.465 e. The van der Waals surface area contributed by atoms with Crippen LogP contribution in [0.1, 0.15) is 41.6 Å². The summed E-state index contributed by atoms with van der Waals surface area (Å²) in [6.07, 6.45) is 0.766. The molecule has 0 fully saturated rings. The number of nitrogens with zero attached hydrogens (tertiary/aromatic N) is 1. The number of aromatic nitrogens is 1. The molecule has 5 heteroatoms. The normalized spacial score (nSPS) is 13.7. The van der Waals surface area contributed by atoms with Crippen LogP contribution in [0.15, 0.2) is 6.20 Å². The Labute approximate surface area is 92.9 Å². The molecule has 0 radical (unpaired) electrons. The van der Waals surface area contributed by atoms with Crippen LogP contribution < -0.4 is 0 Å². The van der Waals surface area contributed by atoms with Gasteiger partial charge in [-0.15, -0.1) is 11.3 Å². The summed E-state index contributed by atoms with van der Waals surface area (Å²) in [5.41, 5.74) is -0.286. The number of hydrogen-bond acceptors (Lipinski definition) is 5. The molecule has 1 aromatic heterocycles. The van der Waals surface area contributed by atoms with Gasteiger partial charge in [0.15, 0.2) is 0 Å². The van der Waals surface area contributed by atoms with Gasteiger partial charge < -0.3 is 9.84 Å². The fourth-order valence-corrected chi connectivity index (χ4v) is 2.05. The molecule has 1 heterocycles. The Bertz CT molecular complexity index is 354. The zero-order valence-corrected chi connectivity index (χ0v) is 10.1. The Morgan fingerprint density at radius 1 is 1.60 bits per heavy atom. The highest BCUT2D eigenvalue weighted by Gasteiger charge is 2.27. The van der Waals surface area contributed by atoms with Gasteiger partial charge in [0.25, 0.3) is 0 Å². The predicted octanol–water partition coefficient (Wildman–Crippen LogP) is 2.01. The van der Waals surface area contributed by atoms with Crippen molar-refractivity contribution in [3.8, 4) is 0 Å². The second-order valence-electron chi connectivity index (χ2n) is 4.32. The van der Waals surface area contributed by atoms with Gasteiger partial charge in [-0.3, -0.25) is 0 Å². The van der Waals surface area contributed by atoms with Crippen molar-refractivity contribution < 1.29 is 14.6 Å². The number of methoxy groups -OCH3 is 1. The second-order valence-corrected chi connectivity index (χ2v) is 5.39. The van der Waals surface area contributed by atoms with Crippen LogP contribution in [0.3, 0.4) is 0 Å². The lowest BCUT2D eigenvalue weighted by Gasteiger charge is -2.23. The quantitative estimate of drug-likeness (QED) is 0.788. The summed E-state index contributed by atoms with van der Waals surface area (Å²) in [5, 5.41) is 10.5. The van der Waals surface area contributed by atoms with Crippen LogP contribution in [0.25, 0.3) is 0 Å². The number of aliphatic hydroxyl groups excluding tert-OH is 1. The van der Waals surface area contributed by atoms with Gasteiger partial charge in [-0.2, -0.15) is 0 Å². The molecule has 0 aliphatic carbocycles. The third-order valence-electron chi connectivity index (χ3n) is 1.96. The largest absolute Gasteiger partial charge is 0.465 e. The predicted molar refractivity (Wildman–Crippen MR) is 57.9 cm³/mol. The first-order valence-corrected chi connectivity index (χ1v) is 5.40. The van der Waals surface area contributed by atoms with E-state index in [9.17, 15) is 9.90 Å². The number of aliphatic hydroxyl groups is 1. The van der Waals surface area contributed by atoms with Crippen molar-refractivity contribution in [1.29, 1.82) is 0 Å². The lowest BCUT2D eigenvalue weighted by molar-refractivity contribution is 0.0606. The summed E-state index contributed by atoms with van der Waals surface area (Å²) < 4.78 is 4.56. The number of ether oxygens (including phenoxy) is 1. The Morgan fingerprint density at radius 3 is 2.67 bits per heavy atom. The molecular formula is C10H15NO3S. The van der Waals surface area contributed by atoms with Crippen LogP contribution in [0.2, 0.25) is 0 Å². The van der Waals surface area contributed by atoms with Gasteiger partial charge in [0.2, 0.25) is 0 Å². The van der Waals surface area contributed by atoms with Crippen molar-refractivity contribution in [3.63, 3.8) is 0 Å². The molecule has 0 aliphatic heterocycles. The summed E-state index contributed by atoms with van der Waals surface area (Å²) in [7, 11) is 1.32. The van der Waals surface area contributed by atoms with E-state index < -0.39 is 12.1 Å². The highest BCUT2D eigenvalue weighted by molar-refractivity contribution is 7.13. The summed E-state index contributed by atoms with van der Waals surface area (Å²) in [6.45, 7) is 5.74. The van der Waals surface area contributed by atoms with Crippen LogP contribution in [-0.2, 0) is 4.74 Å². The maximum Gasteiger partial charge on any atom is 0.349 e. The number of carbonyl (C=O) groups is 1. The molecule has 84 valence electrons. The lowest BCUT2D eigenvalue weighted by atomic mass is 9.90. The Kier molecular flexibility index (Phi) is 3.46. The molecule has 4 nitrogen and oxygen atoms in total. The van der Waals surface area contributed by atoms with E-state index in [0.29, 0.717) is 9.88 Å². The zero-order chi connectivity index (χ0) is 11.6. The van der Waals surface area contributed by atoms with E-state index >= 15 is 0 Å². The van der Waals surface area contributed by atoms with Crippen LogP contribution in [0.5, 0.6) is 0 Å². The van der Waals surface area contributed by atoms with Crippen LogP contribution >= 0.6 is 11.3 Å². The van der Waals surface area contributed by atoms with Gasteiger partial charge in [-0.25, -0.2) is 9.78 Å². The van der Waals surface area contributed by atoms with E-state index in [4.69, 9.17) is 0 Å². The molecule has 0 bridgehead atoms. The van der Waals surface area contributed by atoms with E-state index in [1.807, 2.05) is 20.8 Å². The molecule has 0 aliphatic rings. The standard InChI is InChI=1S/C10H15NO3S/c1-10(2,3)7(12)8-11-5-6(15-8)9(13)14-4/h5,7,12H,1-4H3. The molecule has 0 saturated carbocycles. The molecule has 1 atom stereocenters. The van der Waals surface area contributed by atoms with Gasteiger partial charge in [0.1, 0.15) is 16.0 Å². The fourth-order valence-electron chi connectivity index (χ4n) is 0.979. The second kappa shape index (κ2) is 4.28. The molecule has 1 aromatic rings. The molecule has 0 aromatic carbocycles.